The van der Waals surface area contributed by atoms with E-state index in [2.05, 4.69) is 20.5 Å². The number of nitrogens with one attached hydrogen (secondary N) is 2. The molecule has 4 rings (SSSR count). The van der Waals surface area contributed by atoms with E-state index >= 15 is 0 Å². The Kier molecular flexibility index (Phi) is 6.59. The van der Waals surface area contributed by atoms with Crippen molar-refractivity contribution >= 4 is 17.8 Å². The summed E-state index contributed by atoms with van der Waals surface area (Å²) in [6.45, 7) is 2.53. The van der Waals surface area contributed by atoms with E-state index in [4.69, 9.17) is 14.2 Å². The van der Waals surface area contributed by atoms with E-state index in [0.717, 1.165) is 30.5 Å². The molecule has 1 saturated carbocycles. The van der Waals surface area contributed by atoms with Crippen molar-refractivity contribution < 1.29 is 23.8 Å². The minimum Gasteiger partial charge on any atom is -0.481 e. The van der Waals surface area contributed by atoms with Gasteiger partial charge in [-0.1, -0.05) is 6.07 Å². The quantitative estimate of drug-likeness (QED) is 0.675. The highest BCUT2D eigenvalue weighted by Crippen LogP contribution is 2.36. The standard InChI is InChI=1S/C22H29N5O5/c1-13-18(30-2)12-27(13)22(29)32-16-6-5-15(9-16)17-10-19(26-25-17)24-20(28)8-14-4-7-21(31-3)23-11-14/h4,7,10-11,13,15-16,18H,5-6,8-9,12H2,1-3H3,(H2,24,25,26,28)/t13-,15+,16?,18+/m1/s1. The number of carbonyl (C=O) groups excluding carboxylic acids is 2. The number of carbonyl (C=O) groups is 2. The number of ether oxygens (including phenoxy) is 3. The maximum absolute atomic E-state index is 12.4. The molecule has 2 aliphatic rings. The summed E-state index contributed by atoms with van der Waals surface area (Å²) in [5.41, 5.74) is 1.72. The van der Waals surface area contributed by atoms with Crippen LogP contribution in [0.25, 0.3) is 0 Å². The number of pyridine rings is 1. The van der Waals surface area contributed by atoms with E-state index in [1.54, 1.807) is 37.4 Å². The van der Waals surface area contributed by atoms with Crippen LogP contribution in [0.3, 0.4) is 0 Å². The van der Waals surface area contributed by atoms with Crippen molar-refractivity contribution in [3.63, 3.8) is 0 Å². The van der Waals surface area contributed by atoms with Gasteiger partial charge >= 0.3 is 6.09 Å². The molecule has 1 unspecified atom stereocenters. The highest BCUT2D eigenvalue weighted by Gasteiger charge is 2.41. The Morgan fingerprint density at radius 1 is 1.28 bits per heavy atom. The van der Waals surface area contributed by atoms with Crippen molar-refractivity contribution in [3.05, 3.63) is 35.7 Å². The maximum Gasteiger partial charge on any atom is 0.410 e. The minimum absolute atomic E-state index is 0.0390. The third kappa shape index (κ3) is 4.85. The fourth-order valence-corrected chi connectivity index (χ4v) is 4.25. The fraction of sp³-hybridized carbons (Fsp3) is 0.545. The molecule has 2 aromatic heterocycles. The van der Waals surface area contributed by atoms with Gasteiger partial charge in [-0.05, 0) is 31.7 Å². The van der Waals surface area contributed by atoms with Crippen LogP contribution >= 0.6 is 0 Å². The summed E-state index contributed by atoms with van der Waals surface area (Å²) in [5.74, 6) is 1.01. The SMILES string of the molecule is COc1ccc(CC(=O)Nc2cc([C@H]3CCC(OC(=O)N4C[C@H](OC)[C@H]4C)C3)[nH]n2)cn1. The summed E-state index contributed by atoms with van der Waals surface area (Å²) in [5, 5.41) is 10.0. The van der Waals surface area contributed by atoms with Gasteiger partial charge in [-0.2, -0.15) is 5.10 Å². The van der Waals surface area contributed by atoms with Crippen LogP contribution in [-0.4, -0.2) is 71.1 Å². The molecular formula is C22H29N5O5. The van der Waals surface area contributed by atoms with Crippen molar-refractivity contribution in [2.75, 3.05) is 26.1 Å². The molecule has 0 spiro atoms. The number of hydrogen-bond acceptors (Lipinski definition) is 7. The van der Waals surface area contributed by atoms with Crippen LogP contribution < -0.4 is 10.1 Å². The van der Waals surface area contributed by atoms with Gasteiger partial charge in [-0.15, -0.1) is 0 Å². The Bertz CT molecular complexity index is 946. The largest absolute Gasteiger partial charge is 0.481 e. The van der Waals surface area contributed by atoms with Gasteiger partial charge in [0.05, 0.1) is 32.2 Å². The number of methoxy groups -OCH3 is 2. The van der Waals surface area contributed by atoms with Crippen LogP contribution in [0.5, 0.6) is 5.88 Å². The number of anilines is 1. The molecule has 172 valence electrons. The Hall–Kier alpha value is -3.14. The van der Waals surface area contributed by atoms with Crippen molar-refractivity contribution in [1.29, 1.82) is 0 Å². The van der Waals surface area contributed by atoms with Gasteiger partial charge in [-0.3, -0.25) is 9.89 Å². The van der Waals surface area contributed by atoms with Gasteiger partial charge < -0.3 is 24.4 Å². The molecule has 4 atom stereocenters. The minimum atomic E-state index is -0.276. The molecule has 0 bridgehead atoms. The zero-order valence-electron chi connectivity index (χ0n) is 18.5. The van der Waals surface area contributed by atoms with E-state index in [1.165, 1.54) is 0 Å². The van der Waals surface area contributed by atoms with Crippen molar-refractivity contribution in [2.24, 2.45) is 0 Å². The normalized spacial score (nSPS) is 24.7. The highest BCUT2D eigenvalue weighted by atomic mass is 16.6. The first-order chi connectivity index (χ1) is 15.5. The monoisotopic (exact) mass is 443 g/mol. The zero-order valence-corrected chi connectivity index (χ0v) is 18.5. The van der Waals surface area contributed by atoms with Gasteiger partial charge in [0.25, 0.3) is 0 Å². The second-order valence-corrected chi connectivity index (χ2v) is 8.33. The number of rotatable bonds is 7. The lowest BCUT2D eigenvalue weighted by Gasteiger charge is -2.44. The first-order valence-electron chi connectivity index (χ1n) is 10.8. The molecule has 0 aromatic carbocycles. The van der Waals surface area contributed by atoms with E-state index in [-0.39, 0.29) is 42.6 Å². The van der Waals surface area contributed by atoms with Crippen LogP contribution in [0.15, 0.2) is 24.4 Å². The van der Waals surface area contributed by atoms with Crippen molar-refractivity contribution in [3.8, 4) is 5.88 Å². The molecule has 2 amide bonds. The number of aromatic amines is 1. The summed E-state index contributed by atoms with van der Waals surface area (Å²) >= 11 is 0. The number of nitrogens with zero attached hydrogens (tertiary/aromatic N) is 3. The predicted molar refractivity (Wildman–Crippen MR) is 116 cm³/mol. The molecule has 10 heteroatoms. The van der Waals surface area contributed by atoms with E-state index in [0.29, 0.717) is 18.2 Å². The summed E-state index contributed by atoms with van der Waals surface area (Å²) in [6, 6.07) is 5.41. The summed E-state index contributed by atoms with van der Waals surface area (Å²) < 4.78 is 16.0. The molecule has 2 fully saturated rings. The van der Waals surface area contributed by atoms with Crippen LogP contribution in [0.1, 0.15) is 43.4 Å². The molecule has 0 radical (unpaired) electrons. The molecule has 1 saturated heterocycles. The first-order valence-corrected chi connectivity index (χ1v) is 10.8. The van der Waals surface area contributed by atoms with E-state index in [1.807, 2.05) is 13.0 Å². The summed E-state index contributed by atoms with van der Waals surface area (Å²) in [7, 11) is 3.20. The maximum atomic E-state index is 12.4. The number of likely N-dealkylation sites (tertiary alicyclic amines) is 1. The Labute approximate surface area is 186 Å². The van der Waals surface area contributed by atoms with Gasteiger partial charge in [-0.25, -0.2) is 9.78 Å². The topological polar surface area (TPSA) is 119 Å². The number of aromatic nitrogens is 3. The van der Waals surface area contributed by atoms with E-state index in [9.17, 15) is 9.59 Å². The Balaban J connectivity index is 1.24. The number of H-pyrrole nitrogens is 1. The number of hydrogen-bond donors (Lipinski definition) is 2. The summed E-state index contributed by atoms with van der Waals surface area (Å²) in [4.78, 5) is 30.5. The fourth-order valence-electron chi connectivity index (χ4n) is 4.25. The lowest BCUT2D eigenvalue weighted by atomic mass is 10.0. The molecule has 1 aliphatic heterocycles. The molecule has 2 aromatic rings. The highest BCUT2D eigenvalue weighted by molar-refractivity contribution is 5.91. The lowest BCUT2D eigenvalue weighted by molar-refractivity contribution is -0.115. The van der Waals surface area contributed by atoms with Gasteiger partial charge in [0, 0.05) is 37.1 Å². The molecular weight excluding hydrogens is 414 g/mol. The third-order valence-corrected chi connectivity index (χ3v) is 6.27. The second kappa shape index (κ2) is 9.56. The average molecular weight is 444 g/mol. The Morgan fingerprint density at radius 2 is 2.12 bits per heavy atom. The second-order valence-electron chi connectivity index (χ2n) is 8.33. The average Bonchev–Trinajstić information content (AvgIpc) is 3.43. The van der Waals surface area contributed by atoms with Crippen molar-refractivity contribution in [1.82, 2.24) is 20.1 Å². The molecule has 10 nitrogen and oxygen atoms in total. The number of amides is 2. The van der Waals surface area contributed by atoms with Crippen LogP contribution in [0.2, 0.25) is 0 Å². The predicted octanol–water partition coefficient (Wildman–Crippen LogP) is 2.49. The van der Waals surface area contributed by atoms with Crippen molar-refractivity contribution in [2.45, 2.75) is 56.8 Å². The molecule has 1 aliphatic carbocycles. The van der Waals surface area contributed by atoms with Crippen LogP contribution in [-0.2, 0) is 20.7 Å². The van der Waals surface area contributed by atoms with Gasteiger partial charge in [0.1, 0.15) is 6.10 Å². The van der Waals surface area contributed by atoms with Crippen LogP contribution in [0, 0.1) is 0 Å². The zero-order chi connectivity index (χ0) is 22.7. The lowest BCUT2D eigenvalue weighted by Crippen LogP contribution is -2.61. The van der Waals surface area contributed by atoms with E-state index < -0.39 is 0 Å². The third-order valence-electron chi connectivity index (χ3n) is 6.27. The Morgan fingerprint density at radius 3 is 2.81 bits per heavy atom. The van der Waals surface area contributed by atoms with Gasteiger partial charge in [0.2, 0.25) is 11.8 Å². The molecule has 3 heterocycles. The first kappa shape index (κ1) is 22.1. The van der Waals surface area contributed by atoms with Crippen LogP contribution in [0.4, 0.5) is 10.6 Å². The van der Waals surface area contributed by atoms with Gasteiger partial charge in [0.15, 0.2) is 5.82 Å². The molecule has 2 N–H and O–H groups in total. The smallest absolute Gasteiger partial charge is 0.410 e. The molecule has 32 heavy (non-hydrogen) atoms. The summed E-state index contributed by atoms with van der Waals surface area (Å²) in [6.07, 6.45) is 3.92.